The summed E-state index contributed by atoms with van der Waals surface area (Å²) in [6.45, 7) is 6.26. The number of aryl methyl sites for hydroxylation is 1. The third-order valence-electron chi connectivity index (χ3n) is 3.42. The molecule has 0 aliphatic carbocycles. The van der Waals surface area contributed by atoms with Crippen LogP contribution in [0.1, 0.15) is 17.8 Å². The van der Waals surface area contributed by atoms with Gasteiger partial charge in [-0.1, -0.05) is 6.07 Å². The SMILES string of the molecule is Cc1cccc(CN2CCC3(C2)OCCO3)n1. The van der Waals surface area contributed by atoms with Gasteiger partial charge in [-0.05, 0) is 19.1 Å². The first-order valence-corrected chi connectivity index (χ1v) is 6.19. The minimum atomic E-state index is -0.316. The molecule has 2 aliphatic rings. The van der Waals surface area contributed by atoms with E-state index in [0.717, 1.165) is 50.7 Å². The molecule has 0 radical (unpaired) electrons. The van der Waals surface area contributed by atoms with Gasteiger partial charge in [0, 0.05) is 25.2 Å². The summed E-state index contributed by atoms with van der Waals surface area (Å²) < 4.78 is 11.4. The highest BCUT2D eigenvalue weighted by molar-refractivity contribution is 5.10. The molecule has 17 heavy (non-hydrogen) atoms. The van der Waals surface area contributed by atoms with E-state index in [4.69, 9.17) is 9.47 Å². The average Bonchev–Trinajstić information content (AvgIpc) is 2.90. The van der Waals surface area contributed by atoms with E-state index in [2.05, 4.69) is 22.0 Å². The minimum Gasteiger partial charge on any atom is -0.346 e. The Morgan fingerprint density at radius 2 is 2.18 bits per heavy atom. The average molecular weight is 234 g/mol. The van der Waals surface area contributed by atoms with E-state index < -0.39 is 0 Å². The smallest absolute Gasteiger partial charge is 0.182 e. The third-order valence-corrected chi connectivity index (χ3v) is 3.42. The highest BCUT2D eigenvalue weighted by Gasteiger charge is 2.43. The largest absolute Gasteiger partial charge is 0.346 e. The molecule has 1 aromatic heterocycles. The van der Waals surface area contributed by atoms with E-state index in [9.17, 15) is 0 Å². The predicted octanol–water partition coefficient (Wildman–Crippen LogP) is 1.34. The minimum absolute atomic E-state index is 0.316. The summed E-state index contributed by atoms with van der Waals surface area (Å²) in [5.74, 6) is -0.316. The molecular weight excluding hydrogens is 216 g/mol. The van der Waals surface area contributed by atoms with Crippen molar-refractivity contribution in [1.82, 2.24) is 9.88 Å². The Bertz CT molecular complexity index is 402. The van der Waals surface area contributed by atoms with E-state index in [1.54, 1.807) is 0 Å². The number of pyridine rings is 1. The Balaban J connectivity index is 1.64. The van der Waals surface area contributed by atoms with Gasteiger partial charge >= 0.3 is 0 Å². The fourth-order valence-corrected chi connectivity index (χ4v) is 2.61. The maximum Gasteiger partial charge on any atom is 0.182 e. The molecule has 4 heteroatoms. The van der Waals surface area contributed by atoms with Crippen LogP contribution in [0.2, 0.25) is 0 Å². The molecule has 3 rings (SSSR count). The summed E-state index contributed by atoms with van der Waals surface area (Å²) in [5.41, 5.74) is 2.20. The maximum atomic E-state index is 5.71. The van der Waals surface area contributed by atoms with Crippen LogP contribution in [-0.4, -0.2) is 42.0 Å². The van der Waals surface area contributed by atoms with Gasteiger partial charge in [0.15, 0.2) is 5.79 Å². The van der Waals surface area contributed by atoms with Crippen LogP contribution in [0.4, 0.5) is 0 Å². The molecule has 2 saturated heterocycles. The molecule has 0 bridgehead atoms. The molecule has 1 spiro atoms. The molecule has 1 aromatic rings. The molecule has 0 N–H and O–H groups in total. The summed E-state index contributed by atoms with van der Waals surface area (Å²) >= 11 is 0. The summed E-state index contributed by atoms with van der Waals surface area (Å²) in [6, 6.07) is 6.17. The Hall–Kier alpha value is -0.970. The molecule has 0 aromatic carbocycles. The van der Waals surface area contributed by atoms with E-state index >= 15 is 0 Å². The molecule has 0 unspecified atom stereocenters. The number of aromatic nitrogens is 1. The first-order valence-electron chi connectivity index (χ1n) is 6.19. The van der Waals surface area contributed by atoms with Crippen molar-refractivity contribution >= 4 is 0 Å². The lowest BCUT2D eigenvalue weighted by Crippen LogP contribution is -2.34. The second-order valence-corrected chi connectivity index (χ2v) is 4.84. The van der Waals surface area contributed by atoms with Gasteiger partial charge in [0.05, 0.1) is 25.5 Å². The number of likely N-dealkylation sites (tertiary alicyclic amines) is 1. The lowest BCUT2D eigenvalue weighted by atomic mass is 10.2. The Morgan fingerprint density at radius 1 is 1.35 bits per heavy atom. The van der Waals surface area contributed by atoms with Gasteiger partial charge < -0.3 is 9.47 Å². The number of ether oxygens (including phenoxy) is 2. The van der Waals surface area contributed by atoms with Crippen molar-refractivity contribution in [2.24, 2.45) is 0 Å². The number of hydrogen-bond acceptors (Lipinski definition) is 4. The fourth-order valence-electron chi connectivity index (χ4n) is 2.61. The van der Waals surface area contributed by atoms with Crippen LogP contribution in [-0.2, 0) is 16.0 Å². The monoisotopic (exact) mass is 234 g/mol. The Morgan fingerprint density at radius 3 is 2.94 bits per heavy atom. The van der Waals surface area contributed by atoms with Crippen molar-refractivity contribution in [2.75, 3.05) is 26.3 Å². The van der Waals surface area contributed by atoms with Crippen molar-refractivity contribution < 1.29 is 9.47 Å². The molecule has 92 valence electrons. The van der Waals surface area contributed by atoms with Gasteiger partial charge in [-0.15, -0.1) is 0 Å². The molecule has 2 aliphatic heterocycles. The van der Waals surface area contributed by atoms with Crippen molar-refractivity contribution in [3.05, 3.63) is 29.6 Å². The van der Waals surface area contributed by atoms with E-state index in [1.807, 2.05) is 13.0 Å². The van der Waals surface area contributed by atoms with E-state index in [0.29, 0.717) is 0 Å². The van der Waals surface area contributed by atoms with Crippen LogP contribution in [0.3, 0.4) is 0 Å². The zero-order valence-electron chi connectivity index (χ0n) is 10.2. The molecule has 2 fully saturated rings. The van der Waals surface area contributed by atoms with Gasteiger partial charge in [0.1, 0.15) is 0 Å². The lowest BCUT2D eigenvalue weighted by Gasteiger charge is -2.22. The number of hydrogen-bond donors (Lipinski definition) is 0. The molecule has 3 heterocycles. The summed E-state index contributed by atoms with van der Waals surface area (Å²) in [6.07, 6.45) is 0.971. The van der Waals surface area contributed by atoms with E-state index in [1.165, 1.54) is 0 Å². The third kappa shape index (κ3) is 2.34. The fraction of sp³-hybridized carbons (Fsp3) is 0.615. The van der Waals surface area contributed by atoms with Crippen LogP contribution in [0, 0.1) is 6.92 Å². The second-order valence-electron chi connectivity index (χ2n) is 4.84. The number of rotatable bonds is 2. The van der Waals surface area contributed by atoms with Crippen LogP contribution in [0.5, 0.6) is 0 Å². The van der Waals surface area contributed by atoms with Crippen LogP contribution >= 0.6 is 0 Å². The maximum absolute atomic E-state index is 5.71. The second kappa shape index (κ2) is 4.37. The topological polar surface area (TPSA) is 34.6 Å². The zero-order valence-corrected chi connectivity index (χ0v) is 10.2. The van der Waals surface area contributed by atoms with Crippen LogP contribution in [0.15, 0.2) is 18.2 Å². The van der Waals surface area contributed by atoms with Crippen molar-refractivity contribution in [3.8, 4) is 0 Å². The molecule has 0 amide bonds. The van der Waals surface area contributed by atoms with Crippen LogP contribution in [0.25, 0.3) is 0 Å². The van der Waals surface area contributed by atoms with Gasteiger partial charge in [-0.25, -0.2) is 0 Å². The first kappa shape index (κ1) is 11.1. The molecule has 0 atom stereocenters. The highest BCUT2D eigenvalue weighted by atomic mass is 16.7. The van der Waals surface area contributed by atoms with Crippen molar-refractivity contribution in [2.45, 2.75) is 25.7 Å². The molecule has 0 saturated carbocycles. The predicted molar refractivity (Wildman–Crippen MR) is 63.5 cm³/mol. The van der Waals surface area contributed by atoms with Gasteiger partial charge in [-0.2, -0.15) is 0 Å². The lowest BCUT2D eigenvalue weighted by molar-refractivity contribution is -0.145. The quantitative estimate of drug-likeness (QED) is 0.773. The van der Waals surface area contributed by atoms with Crippen LogP contribution < -0.4 is 0 Å². The summed E-state index contributed by atoms with van der Waals surface area (Å²) in [5, 5.41) is 0. The normalized spacial score (nSPS) is 23.6. The van der Waals surface area contributed by atoms with Gasteiger partial charge in [0.2, 0.25) is 0 Å². The molecule has 4 nitrogen and oxygen atoms in total. The highest BCUT2D eigenvalue weighted by Crippen LogP contribution is 2.30. The van der Waals surface area contributed by atoms with Gasteiger partial charge in [0.25, 0.3) is 0 Å². The van der Waals surface area contributed by atoms with Gasteiger partial charge in [-0.3, -0.25) is 9.88 Å². The first-order chi connectivity index (χ1) is 8.26. The zero-order chi connectivity index (χ0) is 11.7. The van der Waals surface area contributed by atoms with E-state index in [-0.39, 0.29) is 5.79 Å². The molecular formula is C13H18N2O2. The standard InChI is InChI=1S/C13H18N2O2/c1-11-3-2-4-12(14-11)9-15-6-5-13(10-15)16-7-8-17-13/h2-4H,5-10H2,1H3. The Kier molecular flexibility index (Phi) is 2.86. The van der Waals surface area contributed by atoms with Crippen molar-refractivity contribution in [3.63, 3.8) is 0 Å². The Labute approximate surface area is 102 Å². The number of nitrogens with zero attached hydrogens (tertiary/aromatic N) is 2. The summed E-state index contributed by atoms with van der Waals surface area (Å²) in [7, 11) is 0. The van der Waals surface area contributed by atoms with Crippen molar-refractivity contribution in [1.29, 1.82) is 0 Å². The summed E-state index contributed by atoms with van der Waals surface area (Å²) in [4.78, 5) is 6.88.